The zero-order valence-electron chi connectivity index (χ0n) is 15.2. The van der Waals surface area contributed by atoms with Crippen LogP contribution >= 0.6 is 0 Å². The Labute approximate surface area is 144 Å². The molecule has 2 N–H and O–H groups in total. The Hall–Kier alpha value is -1.18. The molecule has 0 amide bonds. The molecule has 140 valence electrons. The van der Waals surface area contributed by atoms with E-state index in [1.807, 2.05) is 6.92 Å². The summed E-state index contributed by atoms with van der Waals surface area (Å²) in [6.45, 7) is 6.21. The lowest BCUT2D eigenvalue weighted by atomic mass is 9.82. The van der Waals surface area contributed by atoms with Crippen LogP contribution < -0.4 is 5.73 Å². The Morgan fingerprint density at radius 2 is 1.83 bits per heavy atom. The molecule has 0 saturated carbocycles. The van der Waals surface area contributed by atoms with Crippen molar-refractivity contribution in [1.82, 2.24) is 0 Å². The molecule has 0 aromatic rings. The predicted molar refractivity (Wildman–Crippen MR) is 88.0 cm³/mol. The van der Waals surface area contributed by atoms with Crippen molar-refractivity contribution >= 4 is 11.9 Å². The summed E-state index contributed by atoms with van der Waals surface area (Å²) < 4.78 is 21.3. The van der Waals surface area contributed by atoms with Gasteiger partial charge in [0.15, 0.2) is 6.29 Å². The molecular weight excluding hydrogens is 314 g/mol. The molecule has 1 saturated heterocycles. The number of esters is 2. The van der Waals surface area contributed by atoms with Crippen molar-refractivity contribution in [2.45, 2.75) is 64.9 Å². The summed E-state index contributed by atoms with van der Waals surface area (Å²) in [7, 11) is 1.39. The highest BCUT2D eigenvalue weighted by Crippen LogP contribution is 2.30. The van der Waals surface area contributed by atoms with Crippen molar-refractivity contribution in [3.8, 4) is 0 Å². The van der Waals surface area contributed by atoms with Crippen LogP contribution in [0.15, 0.2) is 0 Å². The zero-order chi connectivity index (χ0) is 18.1. The smallest absolute Gasteiger partial charge is 0.305 e. The second-order valence-electron chi connectivity index (χ2n) is 6.40. The topological polar surface area (TPSA) is 97.1 Å². The third kappa shape index (κ3) is 6.75. The first-order valence-corrected chi connectivity index (χ1v) is 8.59. The fourth-order valence-corrected chi connectivity index (χ4v) is 2.71. The van der Waals surface area contributed by atoms with Gasteiger partial charge in [0, 0.05) is 20.0 Å². The maximum absolute atomic E-state index is 11.0. The summed E-state index contributed by atoms with van der Waals surface area (Å²) in [6, 6.07) is -0.219. The molecule has 7 nitrogen and oxygen atoms in total. The minimum absolute atomic E-state index is 0.180. The lowest BCUT2D eigenvalue weighted by Crippen LogP contribution is -2.55. The number of methoxy groups -OCH3 is 1. The van der Waals surface area contributed by atoms with E-state index in [4.69, 9.17) is 19.9 Å². The molecule has 0 radical (unpaired) electrons. The Balaban J connectivity index is 2.34. The predicted octanol–water partition coefficient (Wildman–Crippen LogP) is 1.62. The van der Waals surface area contributed by atoms with Crippen molar-refractivity contribution in [2.75, 3.05) is 20.3 Å². The van der Waals surface area contributed by atoms with E-state index in [-0.39, 0.29) is 42.5 Å². The number of carbonyl (C=O) groups excluding carboxylic acids is 2. The largest absolute Gasteiger partial charge is 0.469 e. The van der Waals surface area contributed by atoms with Crippen LogP contribution in [0.25, 0.3) is 0 Å². The van der Waals surface area contributed by atoms with Crippen LogP contribution in [0.4, 0.5) is 0 Å². The van der Waals surface area contributed by atoms with Crippen LogP contribution in [-0.4, -0.2) is 50.7 Å². The van der Waals surface area contributed by atoms with Crippen LogP contribution in [0.2, 0.25) is 0 Å². The number of rotatable bonds is 9. The number of carbonyl (C=O) groups is 2. The van der Waals surface area contributed by atoms with Gasteiger partial charge >= 0.3 is 11.9 Å². The van der Waals surface area contributed by atoms with Gasteiger partial charge in [-0.05, 0) is 24.7 Å². The molecule has 7 heteroatoms. The monoisotopic (exact) mass is 345 g/mol. The minimum atomic E-state index is -0.502. The SMILES string of the molecule is COC(=O)CCCCCOC1OC(COC(C)=O)C(C)C(C)C1N. The second kappa shape index (κ2) is 10.6. The third-order valence-electron chi connectivity index (χ3n) is 4.63. The average molecular weight is 345 g/mol. The second-order valence-corrected chi connectivity index (χ2v) is 6.40. The van der Waals surface area contributed by atoms with E-state index in [0.29, 0.717) is 13.0 Å². The summed E-state index contributed by atoms with van der Waals surface area (Å²) in [6.07, 6.45) is 2.18. The number of hydrogen-bond donors (Lipinski definition) is 1. The highest BCUT2D eigenvalue weighted by molar-refractivity contribution is 5.68. The van der Waals surface area contributed by atoms with Gasteiger partial charge in [-0.25, -0.2) is 0 Å². The molecule has 24 heavy (non-hydrogen) atoms. The van der Waals surface area contributed by atoms with E-state index < -0.39 is 6.29 Å². The first-order valence-electron chi connectivity index (χ1n) is 8.59. The van der Waals surface area contributed by atoms with Crippen molar-refractivity contribution in [3.63, 3.8) is 0 Å². The maximum atomic E-state index is 11.0. The molecule has 0 aromatic carbocycles. The number of unbranched alkanes of at least 4 members (excludes halogenated alkanes) is 2. The van der Waals surface area contributed by atoms with E-state index >= 15 is 0 Å². The van der Waals surface area contributed by atoms with E-state index in [1.54, 1.807) is 0 Å². The van der Waals surface area contributed by atoms with Crippen molar-refractivity contribution < 1.29 is 28.5 Å². The molecule has 0 aromatic heterocycles. The van der Waals surface area contributed by atoms with Crippen LogP contribution in [0.1, 0.15) is 46.5 Å². The summed E-state index contributed by atoms with van der Waals surface area (Å²) in [4.78, 5) is 22.0. The first-order chi connectivity index (χ1) is 11.4. The van der Waals surface area contributed by atoms with E-state index in [0.717, 1.165) is 19.3 Å². The zero-order valence-corrected chi connectivity index (χ0v) is 15.2. The molecule has 0 spiro atoms. The standard InChI is InChI=1S/C17H31NO6/c1-11-12(2)16(18)17(24-14(11)10-23-13(3)19)22-9-7-5-6-8-15(20)21-4/h11-12,14,16-17H,5-10,18H2,1-4H3. The summed E-state index contributed by atoms with van der Waals surface area (Å²) in [5.74, 6) is -0.135. The Kier molecular flexibility index (Phi) is 9.25. The van der Waals surface area contributed by atoms with Gasteiger partial charge in [0.1, 0.15) is 6.61 Å². The number of ether oxygens (including phenoxy) is 4. The number of hydrogen-bond acceptors (Lipinski definition) is 7. The third-order valence-corrected chi connectivity index (χ3v) is 4.63. The first kappa shape index (κ1) is 20.9. The highest BCUT2D eigenvalue weighted by atomic mass is 16.7. The number of nitrogens with two attached hydrogens (primary N) is 1. The van der Waals surface area contributed by atoms with E-state index in [1.165, 1.54) is 14.0 Å². The van der Waals surface area contributed by atoms with Gasteiger partial charge < -0.3 is 24.7 Å². The molecule has 5 unspecified atom stereocenters. The Morgan fingerprint density at radius 1 is 1.12 bits per heavy atom. The van der Waals surface area contributed by atoms with Gasteiger partial charge in [0.2, 0.25) is 0 Å². The molecule has 5 atom stereocenters. The lowest BCUT2D eigenvalue weighted by molar-refractivity contribution is -0.239. The van der Waals surface area contributed by atoms with Gasteiger partial charge in [-0.3, -0.25) is 9.59 Å². The quantitative estimate of drug-likeness (QED) is 0.501. The maximum Gasteiger partial charge on any atom is 0.305 e. The van der Waals surface area contributed by atoms with Crippen LogP contribution in [0.5, 0.6) is 0 Å². The van der Waals surface area contributed by atoms with E-state index in [2.05, 4.69) is 11.7 Å². The summed E-state index contributed by atoms with van der Waals surface area (Å²) >= 11 is 0. The van der Waals surface area contributed by atoms with Crippen LogP contribution in [0, 0.1) is 11.8 Å². The van der Waals surface area contributed by atoms with Crippen LogP contribution in [-0.2, 0) is 28.5 Å². The van der Waals surface area contributed by atoms with Gasteiger partial charge in [-0.1, -0.05) is 20.3 Å². The Morgan fingerprint density at radius 3 is 2.46 bits per heavy atom. The van der Waals surface area contributed by atoms with Gasteiger partial charge in [0.25, 0.3) is 0 Å². The summed E-state index contributed by atoms with van der Waals surface area (Å²) in [5.41, 5.74) is 6.21. The van der Waals surface area contributed by atoms with Crippen molar-refractivity contribution in [1.29, 1.82) is 0 Å². The Bertz CT molecular complexity index is 403. The lowest BCUT2D eigenvalue weighted by Gasteiger charge is -2.42. The minimum Gasteiger partial charge on any atom is -0.469 e. The fourth-order valence-electron chi connectivity index (χ4n) is 2.71. The molecule has 1 rings (SSSR count). The summed E-state index contributed by atoms with van der Waals surface area (Å²) in [5, 5.41) is 0. The van der Waals surface area contributed by atoms with Crippen molar-refractivity contribution in [2.24, 2.45) is 17.6 Å². The normalized spacial score (nSPS) is 30.0. The van der Waals surface area contributed by atoms with Crippen LogP contribution in [0.3, 0.4) is 0 Å². The highest BCUT2D eigenvalue weighted by Gasteiger charge is 2.40. The average Bonchev–Trinajstić information content (AvgIpc) is 2.56. The molecule has 0 bridgehead atoms. The molecule has 1 aliphatic heterocycles. The molecular formula is C17H31NO6. The molecule has 1 heterocycles. The van der Waals surface area contributed by atoms with Crippen molar-refractivity contribution in [3.05, 3.63) is 0 Å². The molecule has 0 aliphatic carbocycles. The van der Waals surface area contributed by atoms with Gasteiger partial charge in [-0.15, -0.1) is 0 Å². The van der Waals surface area contributed by atoms with E-state index in [9.17, 15) is 9.59 Å². The van der Waals surface area contributed by atoms with Gasteiger partial charge in [0.05, 0.1) is 19.3 Å². The fraction of sp³-hybridized carbons (Fsp3) is 0.882. The van der Waals surface area contributed by atoms with Gasteiger partial charge in [-0.2, -0.15) is 0 Å². The molecule has 1 aliphatic rings. The molecule has 1 fully saturated rings.